The lowest BCUT2D eigenvalue weighted by atomic mass is 9.96. The van der Waals surface area contributed by atoms with E-state index in [9.17, 15) is 4.79 Å². The van der Waals surface area contributed by atoms with Crippen LogP contribution in [0.5, 0.6) is 0 Å². The molecule has 0 aliphatic rings. The van der Waals surface area contributed by atoms with Gasteiger partial charge in [-0.3, -0.25) is 4.79 Å². The van der Waals surface area contributed by atoms with Gasteiger partial charge >= 0.3 is 0 Å². The highest BCUT2D eigenvalue weighted by atomic mass is 16.1. The number of unbranched alkanes of at least 4 members (excludes halogenated alkanes) is 5. The number of Topliss-reactive ketones (excluding diaryl/α,β-unsaturated/α-hetero) is 1. The number of hydrogen-bond donors (Lipinski definition) is 0. The molecule has 1 heterocycles. The fourth-order valence-electron chi connectivity index (χ4n) is 3.61. The fourth-order valence-corrected chi connectivity index (χ4v) is 3.61. The molecule has 1 aromatic heterocycles. The van der Waals surface area contributed by atoms with E-state index in [0.717, 1.165) is 48.4 Å². The largest absolute Gasteiger partial charge is 0.294 e. The van der Waals surface area contributed by atoms with Crippen molar-refractivity contribution < 1.29 is 4.79 Å². The summed E-state index contributed by atoms with van der Waals surface area (Å²) in [6.07, 6.45) is 14.2. The highest BCUT2D eigenvalue weighted by Gasteiger charge is 2.14. The predicted molar refractivity (Wildman–Crippen MR) is 122 cm³/mol. The average Bonchev–Trinajstić information content (AvgIpc) is 2.76. The van der Waals surface area contributed by atoms with Gasteiger partial charge < -0.3 is 0 Å². The SMILES string of the molecule is CCCCCCCc1ccnc(-c2ccccc2C(=O)CCCCC(C)CC)n1. The van der Waals surface area contributed by atoms with E-state index in [-0.39, 0.29) is 5.78 Å². The van der Waals surface area contributed by atoms with Crippen LogP contribution in [-0.2, 0) is 6.42 Å². The summed E-state index contributed by atoms with van der Waals surface area (Å²) in [6, 6.07) is 9.81. The van der Waals surface area contributed by atoms with Crippen molar-refractivity contribution in [2.24, 2.45) is 5.92 Å². The van der Waals surface area contributed by atoms with Crippen molar-refractivity contribution in [3.63, 3.8) is 0 Å². The van der Waals surface area contributed by atoms with E-state index < -0.39 is 0 Å². The van der Waals surface area contributed by atoms with Crippen LogP contribution in [0.3, 0.4) is 0 Å². The zero-order valence-corrected chi connectivity index (χ0v) is 18.6. The van der Waals surface area contributed by atoms with Crippen LogP contribution in [-0.4, -0.2) is 15.8 Å². The maximum absolute atomic E-state index is 12.9. The molecule has 0 aliphatic carbocycles. The third-order valence-corrected chi connectivity index (χ3v) is 5.77. The van der Waals surface area contributed by atoms with Crippen LogP contribution < -0.4 is 0 Å². The summed E-state index contributed by atoms with van der Waals surface area (Å²) in [6.45, 7) is 6.75. The summed E-state index contributed by atoms with van der Waals surface area (Å²) in [5, 5.41) is 0. The van der Waals surface area contributed by atoms with Crippen molar-refractivity contribution in [3.8, 4) is 11.4 Å². The lowest BCUT2D eigenvalue weighted by Gasteiger charge is -2.10. The molecule has 158 valence electrons. The molecular formula is C26H38N2O. The molecule has 2 rings (SSSR count). The van der Waals surface area contributed by atoms with Crippen LogP contribution in [0, 0.1) is 5.92 Å². The topological polar surface area (TPSA) is 42.9 Å². The van der Waals surface area contributed by atoms with Crippen LogP contribution in [0.4, 0.5) is 0 Å². The minimum atomic E-state index is 0.207. The van der Waals surface area contributed by atoms with Gasteiger partial charge in [0.1, 0.15) is 0 Å². The number of carbonyl (C=O) groups is 1. The number of rotatable bonds is 14. The maximum Gasteiger partial charge on any atom is 0.163 e. The molecule has 0 aliphatic heterocycles. The van der Waals surface area contributed by atoms with E-state index >= 15 is 0 Å². The molecular weight excluding hydrogens is 356 g/mol. The van der Waals surface area contributed by atoms with Gasteiger partial charge in [0, 0.05) is 29.4 Å². The highest BCUT2D eigenvalue weighted by Crippen LogP contribution is 2.23. The van der Waals surface area contributed by atoms with E-state index in [2.05, 4.69) is 25.8 Å². The van der Waals surface area contributed by atoms with Gasteiger partial charge in [-0.15, -0.1) is 0 Å². The minimum Gasteiger partial charge on any atom is -0.294 e. The Hall–Kier alpha value is -2.03. The average molecular weight is 395 g/mol. The van der Waals surface area contributed by atoms with Gasteiger partial charge in [0.25, 0.3) is 0 Å². The number of hydrogen-bond acceptors (Lipinski definition) is 3. The second-order valence-corrected chi connectivity index (χ2v) is 8.26. The van der Waals surface area contributed by atoms with Crippen LogP contribution in [0.1, 0.15) is 101 Å². The van der Waals surface area contributed by atoms with Crippen molar-refractivity contribution in [3.05, 3.63) is 47.8 Å². The molecule has 1 atom stereocenters. The van der Waals surface area contributed by atoms with Gasteiger partial charge in [0.15, 0.2) is 11.6 Å². The molecule has 0 saturated carbocycles. The van der Waals surface area contributed by atoms with E-state index in [1.807, 2.05) is 36.5 Å². The number of aryl methyl sites for hydroxylation is 1. The van der Waals surface area contributed by atoms with Gasteiger partial charge in [-0.2, -0.15) is 0 Å². The Labute approximate surface area is 177 Å². The van der Waals surface area contributed by atoms with E-state index in [0.29, 0.717) is 12.2 Å². The number of ketones is 1. The predicted octanol–water partition coefficient (Wildman–Crippen LogP) is 7.45. The first kappa shape index (κ1) is 23.3. The molecule has 0 spiro atoms. The number of carbonyl (C=O) groups excluding carboxylic acids is 1. The summed E-state index contributed by atoms with van der Waals surface area (Å²) in [5.74, 6) is 1.63. The van der Waals surface area contributed by atoms with Crippen LogP contribution in [0.15, 0.2) is 36.5 Å². The molecule has 0 amide bonds. The first-order valence-corrected chi connectivity index (χ1v) is 11.6. The quantitative estimate of drug-likeness (QED) is 0.247. The first-order chi connectivity index (χ1) is 14.2. The molecule has 0 radical (unpaired) electrons. The minimum absolute atomic E-state index is 0.207. The van der Waals surface area contributed by atoms with Crippen molar-refractivity contribution in [2.45, 2.75) is 91.4 Å². The maximum atomic E-state index is 12.9. The lowest BCUT2D eigenvalue weighted by molar-refractivity contribution is 0.0979. The third kappa shape index (κ3) is 8.08. The zero-order valence-electron chi connectivity index (χ0n) is 18.6. The van der Waals surface area contributed by atoms with Gasteiger partial charge in [0.05, 0.1) is 0 Å². The third-order valence-electron chi connectivity index (χ3n) is 5.77. The fraction of sp³-hybridized carbons (Fsp3) is 0.577. The summed E-state index contributed by atoms with van der Waals surface area (Å²) >= 11 is 0. The molecule has 0 N–H and O–H groups in total. The normalized spacial score (nSPS) is 12.1. The standard InChI is InChI=1S/C26H38N2O/c1-4-6-7-8-9-15-22-19-20-27-26(28-22)24-17-12-11-16-23(24)25(29)18-13-10-14-21(3)5-2/h11-12,16-17,19-21H,4-10,13-15,18H2,1-3H3. The van der Waals surface area contributed by atoms with Crippen LogP contribution in [0.2, 0.25) is 0 Å². The Kier molecular flexibility index (Phi) is 10.6. The van der Waals surface area contributed by atoms with E-state index in [1.165, 1.54) is 38.5 Å². The monoisotopic (exact) mass is 394 g/mol. The Morgan fingerprint density at radius 3 is 2.55 bits per heavy atom. The van der Waals surface area contributed by atoms with Crippen LogP contribution in [0.25, 0.3) is 11.4 Å². The summed E-state index contributed by atoms with van der Waals surface area (Å²) in [5.41, 5.74) is 2.70. The first-order valence-electron chi connectivity index (χ1n) is 11.6. The zero-order chi connectivity index (χ0) is 20.9. The lowest BCUT2D eigenvalue weighted by Crippen LogP contribution is -2.04. The summed E-state index contributed by atoms with van der Waals surface area (Å²) in [4.78, 5) is 22.1. The van der Waals surface area contributed by atoms with Crippen LogP contribution >= 0.6 is 0 Å². The van der Waals surface area contributed by atoms with Crippen molar-refractivity contribution in [1.82, 2.24) is 9.97 Å². The second kappa shape index (κ2) is 13.2. The van der Waals surface area contributed by atoms with Crippen molar-refractivity contribution in [2.75, 3.05) is 0 Å². The number of nitrogens with zero attached hydrogens (tertiary/aromatic N) is 2. The molecule has 0 fully saturated rings. The Balaban J connectivity index is 2.00. The Morgan fingerprint density at radius 1 is 0.966 bits per heavy atom. The van der Waals surface area contributed by atoms with Crippen molar-refractivity contribution in [1.29, 1.82) is 0 Å². The van der Waals surface area contributed by atoms with Crippen molar-refractivity contribution >= 4 is 5.78 Å². The molecule has 0 bridgehead atoms. The summed E-state index contributed by atoms with van der Waals surface area (Å²) < 4.78 is 0. The molecule has 3 nitrogen and oxygen atoms in total. The molecule has 3 heteroatoms. The summed E-state index contributed by atoms with van der Waals surface area (Å²) in [7, 11) is 0. The van der Waals surface area contributed by atoms with E-state index in [4.69, 9.17) is 4.98 Å². The highest BCUT2D eigenvalue weighted by molar-refractivity contribution is 6.01. The van der Waals surface area contributed by atoms with Gasteiger partial charge in [-0.1, -0.05) is 90.0 Å². The second-order valence-electron chi connectivity index (χ2n) is 8.26. The Morgan fingerprint density at radius 2 is 1.76 bits per heavy atom. The van der Waals surface area contributed by atoms with Gasteiger partial charge in [0.2, 0.25) is 0 Å². The molecule has 29 heavy (non-hydrogen) atoms. The van der Waals surface area contributed by atoms with Gasteiger partial charge in [-0.05, 0) is 31.2 Å². The molecule has 2 aromatic rings. The molecule has 1 aromatic carbocycles. The molecule has 1 unspecified atom stereocenters. The molecule has 0 saturated heterocycles. The number of benzene rings is 1. The van der Waals surface area contributed by atoms with Gasteiger partial charge in [-0.25, -0.2) is 9.97 Å². The smallest absolute Gasteiger partial charge is 0.163 e. The van der Waals surface area contributed by atoms with E-state index in [1.54, 1.807) is 0 Å². The number of aromatic nitrogens is 2. The Bertz CT molecular complexity index is 741.